The van der Waals surface area contributed by atoms with Crippen LogP contribution in [-0.4, -0.2) is 62.8 Å². The van der Waals surface area contributed by atoms with Crippen molar-refractivity contribution in [2.45, 2.75) is 13.0 Å². The van der Waals surface area contributed by atoms with Gasteiger partial charge in [0.15, 0.2) is 0 Å². The van der Waals surface area contributed by atoms with E-state index in [9.17, 15) is 0 Å². The summed E-state index contributed by atoms with van der Waals surface area (Å²) < 4.78 is 5.45. The Morgan fingerprint density at radius 1 is 1.50 bits per heavy atom. The fraction of sp³-hybridized carbons (Fsp3) is 1.00. The Morgan fingerprint density at radius 2 is 2.25 bits per heavy atom. The molecule has 0 aromatic rings. The molecule has 0 aromatic heterocycles. The van der Waals surface area contributed by atoms with Crippen molar-refractivity contribution in [1.29, 1.82) is 0 Å². The van der Waals surface area contributed by atoms with Crippen LogP contribution in [-0.2, 0) is 4.74 Å². The molecule has 1 aliphatic heterocycles. The Kier molecular flexibility index (Phi) is 3.98. The third-order valence-electron chi connectivity index (χ3n) is 2.33. The second-order valence-corrected chi connectivity index (χ2v) is 3.62. The molecule has 1 saturated heterocycles. The van der Waals surface area contributed by atoms with Gasteiger partial charge in [0.05, 0.1) is 13.2 Å². The van der Waals surface area contributed by atoms with Crippen molar-refractivity contribution in [1.82, 2.24) is 9.80 Å². The summed E-state index contributed by atoms with van der Waals surface area (Å²) in [5.41, 5.74) is 0. The standard InChI is InChI=1S/C9H20N2O/c1-4-11-5-6-12-8-9(11)7-10(2)3/h9H,4-8H2,1-3H3/t9-/m1/s1. The van der Waals surface area contributed by atoms with E-state index in [0.29, 0.717) is 6.04 Å². The highest BCUT2D eigenvalue weighted by atomic mass is 16.5. The van der Waals surface area contributed by atoms with Gasteiger partial charge in [-0.1, -0.05) is 6.92 Å². The van der Waals surface area contributed by atoms with Gasteiger partial charge in [0.2, 0.25) is 0 Å². The van der Waals surface area contributed by atoms with Gasteiger partial charge in [-0.3, -0.25) is 4.90 Å². The van der Waals surface area contributed by atoms with Crippen LogP contribution in [0.4, 0.5) is 0 Å². The van der Waals surface area contributed by atoms with Crippen LogP contribution < -0.4 is 0 Å². The normalized spacial score (nSPS) is 26.5. The highest BCUT2D eigenvalue weighted by molar-refractivity contribution is 4.75. The monoisotopic (exact) mass is 172 g/mol. The highest BCUT2D eigenvalue weighted by Gasteiger charge is 2.21. The van der Waals surface area contributed by atoms with Crippen molar-refractivity contribution < 1.29 is 4.74 Å². The van der Waals surface area contributed by atoms with Crippen molar-refractivity contribution in [3.63, 3.8) is 0 Å². The molecule has 3 nitrogen and oxygen atoms in total. The van der Waals surface area contributed by atoms with Crippen molar-refractivity contribution in [2.75, 3.05) is 46.9 Å². The number of hydrogen-bond donors (Lipinski definition) is 0. The Bertz CT molecular complexity index is 128. The van der Waals surface area contributed by atoms with Crippen LogP contribution in [0.1, 0.15) is 6.92 Å². The van der Waals surface area contributed by atoms with E-state index in [1.165, 1.54) is 0 Å². The molecule has 1 heterocycles. The van der Waals surface area contributed by atoms with E-state index in [0.717, 1.165) is 32.8 Å². The maximum Gasteiger partial charge on any atom is 0.0634 e. The molecule has 0 saturated carbocycles. The summed E-state index contributed by atoms with van der Waals surface area (Å²) in [6.07, 6.45) is 0. The van der Waals surface area contributed by atoms with Gasteiger partial charge in [-0.25, -0.2) is 0 Å². The van der Waals surface area contributed by atoms with Crippen LogP contribution in [0, 0.1) is 0 Å². The smallest absolute Gasteiger partial charge is 0.0634 e. The van der Waals surface area contributed by atoms with Crippen LogP contribution >= 0.6 is 0 Å². The lowest BCUT2D eigenvalue weighted by Gasteiger charge is -2.36. The summed E-state index contributed by atoms with van der Waals surface area (Å²) in [6.45, 7) is 7.35. The van der Waals surface area contributed by atoms with E-state index >= 15 is 0 Å². The van der Waals surface area contributed by atoms with Crippen LogP contribution in [0.2, 0.25) is 0 Å². The first-order chi connectivity index (χ1) is 5.74. The van der Waals surface area contributed by atoms with Crippen LogP contribution in [0.3, 0.4) is 0 Å². The van der Waals surface area contributed by atoms with Gasteiger partial charge in [-0.2, -0.15) is 0 Å². The summed E-state index contributed by atoms with van der Waals surface area (Å²) in [6, 6.07) is 0.596. The number of rotatable bonds is 3. The lowest BCUT2D eigenvalue weighted by molar-refractivity contribution is -0.0128. The minimum absolute atomic E-state index is 0.596. The van der Waals surface area contributed by atoms with Crippen molar-refractivity contribution in [2.24, 2.45) is 0 Å². The number of nitrogens with zero attached hydrogens (tertiary/aromatic N) is 2. The largest absolute Gasteiger partial charge is 0.378 e. The SMILES string of the molecule is CCN1CCOC[C@H]1CN(C)C. The summed E-state index contributed by atoms with van der Waals surface area (Å²) in [7, 11) is 4.23. The molecule has 0 unspecified atom stereocenters. The van der Waals surface area contributed by atoms with Crippen molar-refractivity contribution >= 4 is 0 Å². The molecule has 1 aliphatic rings. The third-order valence-corrected chi connectivity index (χ3v) is 2.33. The first kappa shape index (κ1) is 9.96. The predicted octanol–water partition coefficient (Wildman–Crippen LogP) is 0.269. The van der Waals surface area contributed by atoms with Crippen LogP contribution in [0.5, 0.6) is 0 Å². The number of hydrogen-bond acceptors (Lipinski definition) is 3. The minimum atomic E-state index is 0.596. The second-order valence-electron chi connectivity index (χ2n) is 3.62. The van der Waals surface area contributed by atoms with Gasteiger partial charge in [-0.15, -0.1) is 0 Å². The van der Waals surface area contributed by atoms with E-state index in [-0.39, 0.29) is 0 Å². The van der Waals surface area contributed by atoms with Gasteiger partial charge >= 0.3 is 0 Å². The fourth-order valence-electron chi connectivity index (χ4n) is 1.70. The van der Waals surface area contributed by atoms with Crippen molar-refractivity contribution in [3.05, 3.63) is 0 Å². The van der Waals surface area contributed by atoms with E-state index in [2.05, 4.69) is 30.8 Å². The molecule has 1 atom stereocenters. The maximum absolute atomic E-state index is 5.45. The molecule has 0 amide bonds. The molecule has 3 heteroatoms. The molecule has 0 bridgehead atoms. The summed E-state index contributed by atoms with van der Waals surface area (Å²) in [5.74, 6) is 0. The first-order valence-corrected chi connectivity index (χ1v) is 4.70. The minimum Gasteiger partial charge on any atom is -0.378 e. The summed E-state index contributed by atoms with van der Waals surface area (Å²) in [5, 5.41) is 0. The van der Waals surface area contributed by atoms with Crippen molar-refractivity contribution in [3.8, 4) is 0 Å². The molecule has 1 fully saturated rings. The Balaban J connectivity index is 2.36. The number of ether oxygens (including phenoxy) is 1. The zero-order valence-electron chi connectivity index (χ0n) is 8.42. The molecule has 0 aromatic carbocycles. The van der Waals surface area contributed by atoms with E-state index in [1.54, 1.807) is 0 Å². The maximum atomic E-state index is 5.45. The lowest BCUT2D eigenvalue weighted by Crippen LogP contribution is -2.49. The second kappa shape index (κ2) is 4.80. The zero-order chi connectivity index (χ0) is 8.97. The van der Waals surface area contributed by atoms with Gasteiger partial charge < -0.3 is 9.64 Å². The first-order valence-electron chi connectivity index (χ1n) is 4.70. The third kappa shape index (κ3) is 2.73. The highest BCUT2D eigenvalue weighted by Crippen LogP contribution is 2.06. The van der Waals surface area contributed by atoms with Crippen LogP contribution in [0.15, 0.2) is 0 Å². The Labute approximate surface area is 75.3 Å². The molecule has 12 heavy (non-hydrogen) atoms. The summed E-state index contributed by atoms with van der Waals surface area (Å²) >= 11 is 0. The molecule has 0 spiro atoms. The van der Waals surface area contributed by atoms with E-state index in [4.69, 9.17) is 4.74 Å². The number of likely N-dealkylation sites (N-methyl/N-ethyl adjacent to an activating group) is 2. The van der Waals surface area contributed by atoms with E-state index < -0.39 is 0 Å². The molecular formula is C9H20N2O. The molecule has 0 aliphatic carbocycles. The van der Waals surface area contributed by atoms with Gasteiger partial charge in [-0.05, 0) is 20.6 Å². The molecule has 1 rings (SSSR count). The quantitative estimate of drug-likeness (QED) is 0.607. The van der Waals surface area contributed by atoms with Crippen LogP contribution in [0.25, 0.3) is 0 Å². The molecule has 0 N–H and O–H groups in total. The molecule has 0 radical (unpaired) electrons. The molecular weight excluding hydrogens is 152 g/mol. The number of morpholine rings is 1. The predicted molar refractivity (Wildman–Crippen MR) is 50.4 cm³/mol. The molecule has 72 valence electrons. The lowest BCUT2D eigenvalue weighted by atomic mass is 10.2. The summed E-state index contributed by atoms with van der Waals surface area (Å²) in [4.78, 5) is 4.71. The fourth-order valence-corrected chi connectivity index (χ4v) is 1.70. The zero-order valence-corrected chi connectivity index (χ0v) is 8.42. The Morgan fingerprint density at radius 3 is 2.83 bits per heavy atom. The topological polar surface area (TPSA) is 15.7 Å². The Hall–Kier alpha value is -0.120. The average Bonchev–Trinajstić information content (AvgIpc) is 2.04. The van der Waals surface area contributed by atoms with Gasteiger partial charge in [0, 0.05) is 19.1 Å². The van der Waals surface area contributed by atoms with Gasteiger partial charge in [0.25, 0.3) is 0 Å². The van der Waals surface area contributed by atoms with Gasteiger partial charge in [0.1, 0.15) is 0 Å². The average molecular weight is 172 g/mol. The van der Waals surface area contributed by atoms with E-state index in [1.807, 2.05) is 0 Å².